The van der Waals surface area contributed by atoms with Crippen LogP contribution in [-0.2, 0) is 19.9 Å². The number of aryl methyl sites for hydroxylation is 2. The van der Waals surface area contributed by atoms with Crippen molar-refractivity contribution in [2.24, 2.45) is 7.05 Å². The summed E-state index contributed by atoms with van der Waals surface area (Å²) >= 11 is 0. The van der Waals surface area contributed by atoms with Gasteiger partial charge in [0.25, 0.3) is 5.56 Å². The molecule has 0 radical (unpaired) electrons. The molecule has 0 bridgehead atoms. The van der Waals surface area contributed by atoms with Crippen molar-refractivity contribution in [3.63, 3.8) is 0 Å². The van der Waals surface area contributed by atoms with Crippen LogP contribution in [0.15, 0.2) is 4.79 Å². The van der Waals surface area contributed by atoms with Crippen LogP contribution in [0.1, 0.15) is 48.4 Å². The summed E-state index contributed by atoms with van der Waals surface area (Å²) in [7, 11) is 4.14. The molecule has 2 aromatic rings. The van der Waals surface area contributed by atoms with E-state index in [2.05, 4.69) is 16.9 Å². The number of piperidine rings is 1. The number of aromatic nitrogens is 3. The molecule has 1 atom stereocenters. The van der Waals surface area contributed by atoms with Gasteiger partial charge in [-0.2, -0.15) is 5.10 Å². The van der Waals surface area contributed by atoms with Crippen molar-refractivity contribution in [3.05, 3.63) is 27.2 Å². The van der Waals surface area contributed by atoms with Crippen LogP contribution in [0, 0.1) is 0 Å². The van der Waals surface area contributed by atoms with E-state index in [1.807, 2.05) is 11.7 Å². The van der Waals surface area contributed by atoms with E-state index in [0.717, 1.165) is 37.0 Å². The topological polar surface area (TPSA) is 53.9 Å². The van der Waals surface area contributed by atoms with Crippen LogP contribution in [0.5, 0.6) is 0 Å². The highest BCUT2D eigenvalue weighted by molar-refractivity contribution is 5.84. The largest absolute Gasteiger partial charge is 0.307 e. The Morgan fingerprint density at radius 3 is 2.68 bits per heavy atom. The highest BCUT2D eigenvalue weighted by Crippen LogP contribution is 2.34. The zero-order chi connectivity index (χ0) is 15.3. The van der Waals surface area contributed by atoms with Gasteiger partial charge in [0, 0.05) is 30.5 Å². The number of H-pyrrole nitrogens is 1. The first-order valence-electron chi connectivity index (χ1n) is 8.44. The molecule has 1 N–H and O–H groups in total. The number of pyridine rings is 1. The van der Waals surface area contributed by atoms with E-state index in [-0.39, 0.29) is 5.56 Å². The predicted molar refractivity (Wildman–Crippen MR) is 87.4 cm³/mol. The fraction of sp³-hybridized carbons (Fsp3) is 0.647. The first-order valence-corrected chi connectivity index (χ1v) is 8.44. The summed E-state index contributed by atoms with van der Waals surface area (Å²) in [6.45, 7) is 2.25. The molecule has 1 aliphatic carbocycles. The molecule has 1 unspecified atom stereocenters. The number of aromatic amines is 1. The highest BCUT2D eigenvalue weighted by Gasteiger charge is 2.28. The minimum Gasteiger partial charge on any atom is -0.307 e. The van der Waals surface area contributed by atoms with Crippen LogP contribution in [-0.4, -0.2) is 39.8 Å². The molecular weight excluding hydrogens is 276 g/mol. The Morgan fingerprint density at radius 2 is 1.91 bits per heavy atom. The van der Waals surface area contributed by atoms with Gasteiger partial charge in [0.1, 0.15) is 5.65 Å². The molecule has 1 fully saturated rings. The molecule has 5 nitrogen and oxygen atoms in total. The van der Waals surface area contributed by atoms with E-state index in [1.54, 1.807) is 0 Å². The Morgan fingerprint density at radius 1 is 1.14 bits per heavy atom. The van der Waals surface area contributed by atoms with E-state index < -0.39 is 0 Å². The Bertz CT molecular complexity index is 773. The number of fused-ring (bicyclic) bond motifs is 3. The predicted octanol–water partition coefficient (Wildman–Crippen LogP) is 1.95. The Balaban J connectivity index is 1.94. The second kappa shape index (κ2) is 5.23. The van der Waals surface area contributed by atoms with Gasteiger partial charge in [-0.3, -0.25) is 9.48 Å². The molecule has 3 heterocycles. The van der Waals surface area contributed by atoms with E-state index >= 15 is 0 Å². The van der Waals surface area contributed by atoms with Crippen LogP contribution < -0.4 is 5.56 Å². The molecule has 2 aliphatic rings. The van der Waals surface area contributed by atoms with Gasteiger partial charge in [0.2, 0.25) is 0 Å². The van der Waals surface area contributed by atoms with Crippen LogP contribution in [0.25, 0.3) is 11.0 Å². The zero-order valence-electron chi connectivity index (χ0n) is 13.5. The van der Waals surface area contributed by atoms with Gasteiger partial charge in [-0.05, 0) is 57.7 Å². The van der Waals surface area contributed by atoms with Crippen molar-refractivity contribution in [2.75, 3.05) is 20.1 Å². The molecule has 2 aromatic heterocycles. The Hall–Kier alpha value is -1.62. The monoisotopic (exact) mass is 300 g/mol. The summed E-state index contributed by atoms with van der Waals surface area (Å²) in [5, 5.41) is 6.06. The molecule has 0 saturated carbocycles. The number of likely N-dealkylation sites (N-methyl/N-ethyl adjacent to an activating group) is 1. The van der Waals surface area contributed by atoms with Crippen molar-refractivity contribution in [1.82, 2.24) is 19.7 Å². The van der Waals surface area contributed by atoms with Crippen LogP contribution in [0.3, 0.4) is 0 Å². The SMILES string of the molecule is CN1CCCC(c2nn(C)c3[nH]c(=O)c4c(c23)CCCC4)C1. The van der Waals surface area contributed by atoms with Gasteiger partial charge < -0.3 is 9.88 Å². The Labute approximate surface area is 130 Å². The minimum atomic E-state index is 0.0949. The summed E-state index contributed by atoms with van der Waals surface area (Å²) in [6.07, 6.45) is 6.68. The number of likely N-dealkylation sites (tertiary alicyclic amines) is 1. The van der Waals surface area contributed by atoms with E-state index in [9.17, 15) is 4.79 Å². The third-order valence-corrected chi connectivity index (χ3v) is 5.36. The maximum absolute atomic E-state index is 12.4. The quantitative estimate of drug-likeness (QED) is 0.876. The van der Waals surface area contributed by atoms with E-state index in [4.69, 9.17) is 5.10 Å². The van der Waals surface area contributed by atoms with Crippen molar-refractivity contribution >= 4 is 11.0 Å². The maximum atomic E-state index is 12.4. The van der Waals surface area contributed by atoms with Crippen molar-refractivity contribution < 1.29 is 0 Å². The molecule has 0 aromatic carbocycles. The molecule has 0 amide bonds. The molecule has 1 aliphatic heterocycles. The smallest absolute Gasteiger partial charge is 0.253 e. The number of nitrogens with one attached hydrogen (secondary N) is 1. The third kappa shape index (κ3) is 2.10. The van der Waals surface area contributed by atoms with Crippen LogP contribution in [0.2, 0.25) is 0 Å². The maximum Gasteiger partial charge on any atom is 0.253 e. The zero-order valence-corrected chi connectivity index (χ0v) is 13.5. The van der Waals surface area contributed by atoms with Crippen molar-refractivity contribution in [1.29, 1.82) is 0 Å². The molecule has 22 heavy (non-hydrogen) atoms. The average Bonchev–Trinajstić information content (AvgIpc) is 2.85. The normalized spacial score (nSPS) is 22.9. The Kier molecular flexibility index (Phi) is 3.33. The van der Waals surface area contributed by atoms with Crippen molar-refractivity contribution in [3.8, 4) is 0 Å². The fourth-order valence-corrected chi connectivity index (χ4v) is 4.28. The molecule has 5 heteroatoms. The summed E-state index contributed by atoms with van der Waals surface area (Å²) < 4.78 is 1.87. The summed E-state index contributed by atoms with van der Waals surface area (Å²) in [5.74, 6) is 0.486. The molecule has 1 saturated heterocycles. The summed E-state index contributed by atoms with van der Waals surface area (Å²) in [4.78, 5) is 17.8. The third-order valence-electron chi connectivity index (χ3n) is 5.36. The number of rotatable bonds is 1. The number of nitrogens with zero attached hydrogens (tertiary/aromatic N) is 3. The van der Waals surface area contributed by atoms with Gasteiger partial charge >= 0.3 is 0 Å². The molecule has 118 valence electrons. The van der Waals surface area contributed by atoms with Gasteiger partial charge in [-0.1, -0.05) is 0 Å². The van der Waals surface area contributed by atoms with Gasteiger partial charge in [0.15, 0.2) is 0 Å². The van der Waals surface area contributed by atoms with E-state index in [1.165, 1.54) is 42.5 Å². The lowest BCUT2D eigenvalue weighted by atomic mass is 9.87. The first kappa shape index (κ1) is 14.0. The van der Waals surface area contributed by atoms with Gasteiger partial charge in [-0.15, -0.1) is 0 Å². The number of hydrogen-bond acceptors (Lipinski definition) is 3. The van der Waals surface area contributed by atoms with Gasteiger partial charge in [-0.25, -0.2) is 0 Å². The molecule has 4 rings (SSSR count). The molecular formula is C17H24N4O. The fourth-order valence-electron chi connectivity index (χ4n) is 4.28. The standard InChI is InChI=1S/C17H24N4O/c1-20-9-5-6-11(10-20)15-14-12-7-3-4-8-13(12)17(22)18-16(14)21(2)19-15/h11H,3-10H2,1-2H3,(H,18,22). The van der Waals surface area contributed by atoms with Crippen molar-refractivity contribution in [2.45, 2.75) is 44.4 Å². The second-order valence-corrected chi connectivity index (χ2v) is 6.95. The highest BCUT2D eigenvalue weighted by atomic mass is 16.1. The second-order valence-electron chi connectivity index (χ2n) is 6.95. The summed E-state index contributed by atoms with van der Waals surface area (Å²) in [5.41, 5.74) is 4.50. The lowest BCUT2D eigenvalue weighted by Gasteiger charge is -2.29. The van der Waals surface area contributed by atoms with Crippen LogP contribution in [0.4, 0.5) is 0 Å². The molecule has 0 spiro atoms. The lowest BCUT2D eigenvalue weighted by molar-refractivity contribution is 0.248. The number of hydrogen-bond donors (Lipinski definition) is 1. The van der Waals surface area contributed by atoms with Gasteiger partial charge in [0.05, 0.1) is 5.69 Å². The van der Waals surface area contributed by atoms with Crippen LogP contribution >= 0.6 is 0 Å². The average molecular weight is 300 g/mol. The first-order chi connectivity index (χ1) is 10.6. The minimum absolute atomic E-state index is 0.0949. The lowest BCUT2D eigenvalue weighted by Crippen LogP contribution is -2.31. The van der Waals surface area contributed by atoms with E-state index in [0.29, 0.717) is 5.92 Å². The summed E-state index contributed by atoms with van der Waals surface area (Å²) in [6, 6.07) is 0.